The quantitative estimate of drug-likeness (QED) is 0.860. The highest BCUT2D eigenvalue weighted by Gasteiger charge is 2.05. The average Bonchev–Trinajstić information content (AvgIpc) is 2.35. The summed E-state index contributed by atoms with van der Waals surface area (Å²) in [5.41, 5.74) is 2.87. The molecule has 94 valence electrons. The van der Waals surface area contributed by atoms with Crippen molar-refractivity contribution in [3.63, 3.8) is 0 Å². The van der Waals surface area contributed by atoms with Gasteiger partial charge in [-0.25, -0.2) is 4.98 Å². The summed E-state index contributed by atoms with van der Waals surface area (Å²) >= 11 is 6.06. The summed E-state index contributed by atoms with van der Waals surface area (Å²) in [4.78, 5) is 14.9. The minimum atomic E-state index is -0.779. The van der Waals surface area contributed by atoms with Gasteiger partial charge >= 0.3 is 5.97 Å². The minimum Gasteiger partial charge on any atom is -0.481 e. The molecule has 0 aliphatic heterocycles. The predicted molar refractivity (Wildman–Crippen MR) is 72.1 cm³/mol. The summed E-state index contributed by atoms with van der Waals surface area (Å²) in [6, 6.07) is 7.80. The van der Waals surface area contributed by atoms with Gasteiger partial charge in [0.05, 0.1) is 5.52 Å². The van der Waals surface area contributed by atoms with E-state index in [9.17, 15) is 4.79 Å². The Labute approximate surface area is 110 Å². The molecule has 0 atom stereocenters. The van der Waals surface area contributed by atoms with Gasteiger partial charge in [-0.1, -0.05) is 24.6 Å². The number of benzene rings is 1. The van der Waals surface area contributed by atoms with Crippen LogP contribution in [-0.2, 0) is 17.6 Å². The number of pyridine rings is 1. The van der Waals surface area contributed by atoms with Crippen molar-refractivity contribution in [1.29, 1.82) is 0 Å². The number of hydrogen-bond acceptors (Lipinski definition) is 2. The van der Waals surface area contributed by atoms with Crippen LogP contribution in [0.5, 0.6) is 0 Å². The number of carboxylic acid groups (broad SMARTS) is 1. The van der Waals surface area contributed by atoms with Crippen LogP contribution in [0.25, 0.3) is 10.9 Å². The molecule has 0 saturated heterocycles. The van der Waals surface area contributed by atoms with Crippen molar-refractivity contribution >= 4 is 28.5 Å². The highest BCUT2D eigenvalue weighted by molar-refractivity contribution is 6.30. The molecule has 4 heteroatoms. The van der Waals surface area contributed by atoms with Crippen LogP contribution in [0.2, 0.25) is 5.15 Å². The van der Waals surface area contributed by atoms with Crippen LogP contribution in [0.15, 0.2) is 24.3 Å². The maximum Gasteiger partial charge on any atom is 0.303 e. The lowest BCUT2D eigenvalue weighted by Gasteiger charge is -2.06. The van der Waals surface area contributed by atoms with E-state index in [0.717, 1.165) is 28.5 Å². The molecule has 1 N–H and O–H groups in total. The van der Waals surface area contributed by atoms with Crippen LogP contribution >= 0.6 is 11.6 Å². The number of rotatable bonds is 4. The van der Waals surface area contributed by atoms with Crippen molar-refractivity contribution < 1.29 is 9.90 Å². The van der Waals surface area contributed by atoms with Gasteiger partial charge in [-0.2, -0.15) is 0 Å². The molecule has 0 fully saturated rings. The lowest BCUT2D eigenvalue weighted by molar-refractivity contribution is -0.136. The SMILES string of the molecule is CCc1cc2cc(CCC(=O)O)ccc2nc1Cl. The van der Waals surface area contributed by atoms with Crippen LogP contribution in [0.3, 0.4) is 0 Å². The molecule has 0 unspecified atom stereocenters. The molecule has 1 heterocycles. The number of fused-ring (bicyclic) bond motifs is 1. The molecular weight excluding hydrogens is 250 g/mol. The molecule has 0 spiro atoms. The third-order valence-electron chi connectivity index (χ3n) is 2.91. The molecular formula is C14H14ClNO2. The van der Waals surface area contributed by atoms with Crippen molar-refractivity contribution in [1.82, 2.24) is 4.98 Å². The largest absolute Gasteiger partial charge is 0.481 e. The Morgan fingerprint density at radius 2 is 2.17 bits per heavy atom. The van der Waals surface area contributed by atoms with Crippen molar-refractivity contribution in [2.45, 2.75) is 26.2 Å². The van der Waals surface area contributed by atoms with Crippen molar-refractivity contribution in [2.75, 3.05) is 0 Å². The molecule has 0 amide bonds. The zero-order valence-corrected chi connectivity index (χ0v) is 10.9. The van der Waals surface area contributed by atoms with Gasteiger partial charge in [0.2, 0.25) is 0 Å². The van der Waals surface area contributed by atoms with Crippen molar-refractivity contribution in [3.8, 4) is 0 Å². The highest BCUT2D eigenvalue weighted by Crippen LogP contribution is 2.22. The Morgan fingerprint density at radius 3 is 2.83 bits per heavy atom. The second-order valence-electron chi connectivity index (χ2n) is 4.21. The molecule has 2 aromatic rings. The Hall–Kier alpha value is -1.61. The summed E-state index contributed by atoms with van der Waals surface area (Å²) in [5, 5.41) is 10.2. The Balaban J connectivity index is 2.37. The fraction of sp³-hybridized carbons (Fsp3) is 0.286. The van der Waals surface area contributed by atoms with E-state index in [4.69, 9.17) is 16.7 Å². The smallest absolute Gasteiger partial charge is 0.303 e. The molecule has 3 nitrogen and oxygen atoms in total. The molecule has 0 bridgehead atoms. The standard InChI is InChI=1S/C14H14ClNO2/c1-2-10-8-11-7-9(4-6-13(17)18)3-5-12(11)16-14(10)15/h3,5,7-8H,2,4,6H2,1H3,(H,17,18). The van der Waals surface area contributed by atoms with Gasteiger partial charge in [-0.15, -0.1) is 0 Å². The first-order valence-electron chi connectivity index (χ1n) is 5.90. The maximum absolute atomic E-state index is 10.6. The molecule has 0 saturated carbocycles. The molecule has 18 heavy (non-hydrogen) atoms. The number of aryl methyl sites for hydroxylation is 2. The minimum absolute atomic E-state index is 0.146. The second kappa shape index (κ2) is 5.36. The van der Waals surface area contributed by atoms with E-state index in [0.29, 0.717) is 11.6 Å². The first-order chi connectivity index (χ1) is 8.60. The fourth-order valence-electron chi connectivity index (χ4n) is 1.90. The van der Waals surface area contributed by atoms with Crippen LogP contribution in [0, 0.1) is 0 Å². The Bertz CT molecular complexity index is 596. The molecule has 2 rings (SSSR count). The van der Waals surface area contributed by atoms with Crippen molar-refractivity contribution in [2.24, 2.45) is 0 Å². The number of carboxylic acids is 1. The third kappa shape index (κ3) is 2.79. The normalized spacial score (nSPS) is 10.8. The lowest BCUT2D eigenvalue weighted by Crippen LogP contribution is -1.97. The van der Waals surface area contributed by atoms with Gasteiger partial charge in [0, 0.05) is 11.8 Å². The molecule has 1 aromatic carbocycles. The van der Waals surface area contributed by atoms with E-state index < -0.39 is 5.97 Å². The Morgan fingerprint density at radius 1 is 1.39 bits per heavy atom. The van der Waals surface area contributed by atoms with E-state index in [1.54, 1.807) is 0 Å². The maximum atomic E-state index is 10.6. The van der Waals surface area contributed by atoms with Gasteiger partial charge in [-0.05, 0) is 42.2 Å². The lowest BCUT2D eigenvalue weighted by atomic mass is 10.0. The van der Waals surface area contributed by atoms with Crippen LogP contribution in [0.4, 0.5) is 0 Å². The van der Waals surface area contributed by atoms with E-state index >= 15 is 0 Å². The van der Waals surface area contributed by atoms with E-state index in [1.807, 2.05) is 31.2 Å². The molecule has 0 aliphatic carbocycles. The zero-order chi connectivity index (χ0) is 13.1. The summed E-state index contributed by atoms with van der Waals surface area (Å²) in [6.07, 6.45) is 1.52. The zero-order valence-electron chi connectivity index (χ0n) is 10.1. The number of halogens is 1. The van der Waals surface area contributed by atoms with Crippen LogP contribution in [0.1, 0.15) is 24.5 Å². The first-order valence-corrected chi connectivity index (χ1v) is 6.28. The van der Waals surface area contributed by atoms with Gasteiger partial charge in [0.15, 0.2) is 0 Å². The Kier molecular flexibility index (Phi) is 3.82. The topological polar surface area (TPSA) is 50.2 Å². The third-order valence-corrected chi connectivity index (χ3v) is 3.24. The molecule has 0 radical (unpaired) electrons. The summed E-state index contributed by atoms with van der Waals surface area (Å²) < 4.78 is 0. The number of carbonyl (C=O) groups is 1. The van der Waals surface area contributed by atoms with E-state index in [-0.39, 0.29) is 6.42 Å². The first kappa shape index (κ1) is 12.8. The van der Waals surface area contributed by atoms with E-state index in [1.165, 1.54) is 0 Å². The van der Waals surface area contributed by atoms with Gasteiger partial charge in [-0.3, -0.25) is 4.79 Å². The summed E-state index contributed by atoms with van der Waals surface area (Å²) in [7, 11) is 0. The van der Waals surface area contributed by atoms with Gasteiger partial charge in [0.1, 0.15) is 5.15 Å². The van der Waals surface area contributed by atoms with E-state index in [2.05, 4.69) is 4.98 Å². The van der Waals surface area contributed by atoms with Crippen LogP contribution < -0.4 is 0 Å². The molecule has 0 aliphatic rings. The monoisotopic (exact) mass is 263 g/mol. The van der Waals surface area contributed by atoms with Crippen molar-refractivity contribution in [3.05, 3.63) is 40.5 Å². The van der Waals surface area contributed by atoms with Crippen LogP contribution in [-0.4, -0.2) is 16.1 Å². The highest BCUT2D eigenvalue weighted by atomic mass is 35.5. The van der Waals surface area contributed by atoms with Gasteiger partial charge < -0.3 is 5.11 Å². The molecule has 1 aromatic heterocycles. The second-order valence-corrected chi connectivity index (χ2v) is 4.57. The average molecular weight is 264 g/mol. The fourth-order valence-corrected chi connectivity index (χ4v) is 2.18. The number of aliphatic carboxylic acids is 1. The summed E-state index contributed by atoms with van der Waals surface area (Å²) in [6.45, 7) is 2.03. The number of nitrogens with zero attached hydrogens (tertiary/aromatic N) is 1. The van der Waals surface area contributed by atoms with Gasteiger partial charge in [0.25, 0.3) is 0 Å². The predicted octanol–water partition coefficient (Wildman–Crippen LogP) is 3.47. The summed E-state index contributed by atoms with van der Waals surface area (Å²) in [5.74, 6) is -0.779. The number of aromatic nitrogens is 1. The number of hydrogen-bond donors (Lipinski definition) is 1.